The first kappa shape index (κ1) is 14.5. The van der Waals surface area contributed by atoms with E-state index in [2.05, 4.69) is 4.98 Å². The third-order valence-electron chi connectivity index (χ3n) is 2.07. The summed E-state index contributed by atoms with van der Waals surface area (Å²) in [5.74, 6) is 0.599. The lowest BCUT2D eigenvalue weighted by Gasteiger charge is -2.19. The lowest BCUT2D eigenvalue weighted by atomic mass is 10.2. The maximum atomic E-state index is 11.1. The monoisotopic (exact) mass is 280 g/mol. The summed E-state index contributed by atoms with van der Waals surface area (Å²) in [6.45, 7) is 8.64. The molecule has 17 heavy (non-hydrogen) atoms. The highest BCUT2D eigenvalue weighted by Crippen LogP contribution is 2.14. The second-order valence-electron chi connectivity index (χ2n) is 4.72. The van der Waals surface area contributed by atoms with E-state index in [0.29, 0.717) is 19.0 Å². The second kappa shape index (κ2) is 4.96. The molecule has 0 N–H and O–H groups in total. The van der Waals surface area contributed by atoms with Crippen LogP contribution in [0.5, 0.6) is 0 Å². The van der Waals surface area contributed by atoms with Crippen LogP contribution >= 0.6 is 10.7 Å². The molecular formula is C10H17ClN2O3S. The molecule has 0 spiro atoms. The molecule has 0 saturated carbocycles. The van der Waals surface area contributed by atoms with Gasteiger partial charge in [-0.15, -0.1) is 0 Å². The second-order valence-corrected chi connectivity index (χ2v) is 7.23. The number of ether oxygens (including phenoxy) is 1. The quantitative estimate of drug-likeness (QED) is 0.791. The summed E-state index contributed by atoms with van der Waals surface area (Å²) in [5, 5.41) is -0.118. The Kier molecular flexibility index (Phi) is 4.22. The fraction of sp³-hybridized carbons (Fsp3) is 0.700. The van der Waals surface area contributed by atoms with Gasteiger partial charge in [-0.2, -0.15) is 0 Å². The van der Waals surface area contributed by atoms with Crippen LogP contribution in [-0.4, -0.2) is 30.2 Å². The van der Waals surface area contributed by atoms with Crippen molar-refractivity contribution in [2.24, 2.45) is 0 Å². The van der Waals surface area contributed by atoms with Gasteiger partial charge >= 0.3 is 0 Å². The van der Waals surface area contributed by atoms with Gasteiger partial charge in [-0.05, 0) is 27.7 Å². The van der Waals surface area contributed by atoms with Gasteiger partial charge < -0.3 is 9.30 Å². The third-order valence-corrected chi connectivity index (χ3v) is 3.24. The van der Waals surface area contributed by atoms with Gasteiger partial charge in [0.05, 0.1) is 12.2 Å². The number of hydrogen-bond donors (Lipinski definition) is 0. The van der Waals surface area contributed by atoms with E-state index in [1.807, 2.05) is 20.8 Å². The van der Waals surface area contributed by atoms with Crippen molar-refractivity contribution < 1.29 is 13.2 Å². The maximum Gasteiger partial charge on any atom is 0.280 e. The minimum atomic E-state index is -3.76. The van der Waals surface area contributed by atoms with Crippen LogP contribution in [0.25, 0.3) is 0 Å². The van der Waals surface area contributed by atoms with Gasteiger partial charge in [-0.1, -0.05) is 0 Å². The average Bonchev–Trinajstić information content (AvgIpc) is 2.45. The average molecular weight is 281 g/mol. The summed E-state index contributed by atoms with van der Waals surface area (Å²) in [6.07, 6.45) is 1.42. The molecule has 7 heteroatoms. The predicted octanol–water partition coefficient (Wildman–Crippen LogP) is 1.93. The highest BCUT2D eigenvalue weighted by molar-refractivity contribution is 8.13. The van der Waals surface area contributed by atoms with Crippen molar-refractivity contribution in [2.75, 3.05) is 6.61 Å². The van der Waals surface area contributed by atoms with Crippen molar-refractivity contribution in [3.8, 4) is 0 Å². The largest absolute Gasteiger partial charge is 0.374 e. The molecule has 1 aromatic heterocycles. The Morgan fingerprint density at radius 3 is 2.47 bits per heavy atom. The Bertz CT molecular complexity index is 488. The molecule has 0 atom stereocenters. The zero-order chi connectivity index (χ0) is 13.3. The number of nitrogens with zero attached hydrogens (tertiary/aromatic N) is 2. The number of imidazole rings is 1. The first-order valence-electron chi connectivity index (χ1n) is 5.22. The van der Waals surface area contributed by atoms with Crippen LogP contribution < -0.4 is 0 Å². The molecule has 0 amide bonds. The lowest BCUT2D eigenvalue weighted by Crippen LogP contribution is -2.22. The van der Waals surface area contributed by atoms with E-state index in [4.69, 9.17) is 15.4 Å². The molecule has 1 heterocycles. The molecule has 0 aromatic carbocycles. The Morgan fingerprint density at radius 2 is 2.06 bits per heavy atom. The van der Waals surface area contributed by atoms with Crippen LogP contribution in [0.4, 0.5) is 0 Å². The molecule has 0 aliphatic carbocycles. The molecule has 1 aromatic rings. The molecule has 0 aliphatic heterocycles. The topological polar surface area (TPSA) is 61.2 Å². The lowest BCUT2D eigenvalue weighted by molar-refractivity contribution is -0.00702. The first-order valence-corrected chi connectivity index (χ1v) is 7.53. The Morgan fingerprint density at radius 1 is 1.47 bits per heavy atom. The van der Waals surface area contributed by atoms with E-state index in [1.54, 1.807) is 11.5 Å². The number of hydrogen-bond acceptors (Lipinski definition) is 4. The van der Waals surface area contributed by atoms with Gasteiger partial charge in [-0.25, -0.2) is 13.4 Å². The SMILES string of the molecule is Cc1nc(S(=O)(=O)Cl)cn1CCOC(C)(C)C. The molecule has 1 rings (SSSR count). The molecule has 0 saturated heterocycles. The van der Waals surface area contributed by atoms with E-state index < -0.39 is 9.05 Å². The summed E-state index contributed by atoms with van der Waals surface area (Å²) in [6, 6.07) is 0. The molecule has 5 nitrogen and oxygen atoms in total. The molecule has 98 valence electrons. The van der Waals surface area contributed by atoms with Crippen LogP contribution in [0, 0.1) is 6.92 Å². The summed E-state index contributed by atoms with van der Waals surface area (Å²) >= 11 is 0. The molecule has 0 radical (unpaired) electrons. The zero-order valence-electron chi connectivity index (χ0n) is 10.4. The van der Waals surface area contributed by atoms with Gasteiger partial charge in [0.15, 0.2) is 5.03 Å². The standard InChI is InChI=1S/C10H17ClN2O3S/c1-8-12-9(17(11,14)15)7-13(8)5-6-16-10(2,3)4/h7H,5-6H2,1-4H3. The minimum Gasteiger partial charge on any atom is -0.374 e. The van der Waals surface area contributed by atoms with Crippen LogP contribution in [0.15, 0.2) is 11.2 Å². The van der Waals surface area contributed by atoms with Crippen molar-refractivity contribution >= 4 is 19.7 Å². The summed E-state index contributed by atoms with van der Waals surface area (Å²) < 4.78 is 29.4. The number of aryl methyl sites for hydroxylation is 1. The summed E-state index contributed by atoms with van der Waals surface area (Å²) in [4.78, 5) is 3.88. The number of rotatable bonds is 4. The third kappa shape index (κ3) is 4.65. The maximum absolute atomic E-state index is 11.1. The van der Waals surface area contributed by atoms with Gasteiger partial charge in [0.1, 0.15) is 5.82 Å². The highest BCUT2D eigenvalue weighted by atomic mass is 35.7. The minimum absolute atomic E-state index is 0.118. The van der Waals surface area contributed by atoms with E-state index in [-0.39, 0.29) is 10.6 Å². The van der Waals surface area contributed by atoms with Crippen molar-refractivity contribution in [1.82, 2.24) is 9.55 Å². The Labute approximate surface area is 106 Å². The fourth-order valence-corrected chi connectivity index (χ4v) is 1.99. The van der Waals surface area contributed by atoms with Gasteiger partial charge in [0, 0.05) is 23.4 Å². The van der Waals surface area contributed by atoms with Gasteiger partial charge in [-0.3, -0.25) is 0 Å². The van der Waals surface area contributed by atoms with E-state index in [9.17, 15) is 8.42 Å². The smallest absolute Gasteiger partial charge is 0.280 e. The summed E-state index contributed by atoms with van der Waals surface area (Å²) in [5.41, 5.74) is -0.212. The van der Waals surface area contributed by atoms with Crippen LogP contribution in [0.1, 0.15) is 26.6 Å². The fourth-order valence-electron chi connectivity index (χ4n) is 1.27. The number of aromatic nitrogens is 2. The summed E-state index contributed by atoms with van der Waals surface area (Å²) in [7, 11) is 1.46. The van der Waals surface area contributed by atoms with Crippen LogP contribution in [0.3, 0.4) is 0 Å². The Balaban J connectivity index is 2.70. The molecule has 0 fully saturated rings. The van der Waals surface area contributed by atoms with Crippen LogP contribution in [-0.2, 0) is 20.3 Å². The Hall–Kier alpha value is -0.590. The predicted molar refractivity (Wildman–Crippen MR) is 65.7 cm³/mol. The van der Waals surface area contributed by atoms with Crippen molar-refractivity contribution in [3.05, 3.63) is 12.0 Å². The van der Waals surface area contributed by atoms with Crippen molar-refractivity contribution in [2.45, 2.75) is 44.9 Å². The van der Waals surface area contributed by atoms with E-state index >= 15 is 0 Å². The molecule has 0 bridgehead atoms. The van der Waals surface area contributed by atoms with Crippen LogP contribution in [0.2, 0.25) is 0 Å². The highest BCUT2D eigenvalue weighted by Gasteiger charge is 2.16. The van der Waals surface area contributed by atoms with Crippen molar-refractivity contribution in [3.63, 3.8) is 0 Å². The zero-order valence-corrected chi connectivity index (χ0v) is 12.0. The molecule has 0 unspecified atom stereocenters. The van der Waals surface area contributed by atoms with E-state index in [1.165, 1.54) is 6.20 Å². The normalized spacial score (nSPS) is 13.0. The number of halogens is 1. The first-order chi connectivity index (χ1) is 7.59. The molecular weight excluding hydrogens is 264 g/mol. The van der Waals surface area contributed by atoms with Gasteiger partial charge in [0.2, 0.25) is 0 Å². The van der Waals surface area contributed by atoms with Gasteiger partial charge in [0.25, 0.3) is 9.05 Å². The molecule has 0 aliphatic rings. The van der Waals surface area contributed by atoms with E-state index in [0.717, 1.165) is 0 Å². The van der Waals surface area contributed by atoms with Crippen molar-refractivity contribution in [1.29, 1.82) is 0 Å².